The topological polar surface area (TPSA) is 76.0 Å². The van der Waals surface area contributed by atoms with Crippen LogP contribution < -0.4 is 9.47 Å². The number of ether oxygens (including phenoxy) is 2. The van der Waals surface area contributed by atoms with E-state index in [2.05, 4.69) is 0 Å². The third kappa shape index (κ3) is 2.87. The number of fused-ring (bicyclic) bond motifs is 3. The Kier molecular flexibility index (Phi) is 4.05. The second-order valence-corrected chi connectivity index (χ2v) is 8.43. The minimum absolute atomic E-state index is 0.105. The van der Waals surface area contributed by atoms with E-state index >= 15 is 0 Å². The molecule has 1 unspecified atom stereocenters. The number of phenolic OH excluding ortho intramolecular Hbond substituents is 1. The number of aliphatic hydroxyl groups excluding tert-OH is 1. The fraction of sp³-hybridized carbons (Fsp3) is 0.348. The fourth-order valence-corrected chi connectivity index (χ4v) is 3.63. The van der Waals surface area contributed by atoms with Crippen molar-refractivity contribution in [1.29, 1.82) is 0 Å². The molecule has 5 nitrogen and oxygen atoms in total. The van der Waals surface area contributed by atoms with Crippen LogP contribution >= 0.6 is 0 Å². The first-order valence-electron chi connectivity index (χ1n) is 9.37. The van der Waals surface area contributed by atoms with Crippen molar-refractivity contribution in [2.24, 2.45) is 0 Å². The summed E-state index contributed by atoms with van der Waals surface area (Å²) in [7, 11) is 0. The van der Waals surface area contributed by atoms with Crippen molar-refractivity contribution < 1.29 is 24.5 Å². The average molecular weight is 380 g/mol. The lowest BCUT2D eigenvalue weighted by Crippen LogP contribution is -2.47. The Morgan fingerprint density at radius 3 is 2.43 bits per heavy atom. The standard InChI is InChI=1S/C23H24O5/c1-22(2)11-10-14-19(26)17(18(25)13-8-6-5-7-9-13)21-15(20(14)27-22)12-16(24)23(3,4)28-21/h5-11,16,24,26H,12H2,1-4H3. The highest BCUT2D eigenvalue weighted by Crippen LogP contribution is 2.51. The summed E-state index contributed by atoms with van der Waals surface area (Å²) in [6, 6.07) is 8.77. The number of carbonyl (C=O) groups is 1. The van der Waals surface area contributed by atoms with Crippen molar-refractivity contribution in [3.8, 4) is 17.2 Å². The number of benzene rings is 2. The first-order chi connectivity index (χ1) is 13.1. The second kappa shape index (κ2) is 6.11. The van der Waals surface area contributed by atoms with Gasteiger partial charge < -0.3 is 19.7 Å². The molecule has 2 aliphatic heterocycles. The number of aromatic hydroxyl groups is 1. The predicted molar refractivity (Wildman–Crippen MR) is 106 cm³/mol. The zero-order chi connectivity index (χ0) is 20.3. The lowest BCUT2D eigenvalue weighted by atomic mass is 9.85. The molecule has 0 aliphatic carbocycles. The molecule has 0 fully saturated rings. The molecule has 28 heavy (non-hydrogen) atoms. The Morgan fingerprint density at radius 2 is 1.75 bits per heavy atom. The molecular formula is C23H24O5. The highest BCUT2D eigenvalue weighted by atomic mass is 16.5. The van der Waals surface area contributed by atoms with Crippen LogP contribution in [0.1, 0.15) is 54.7 Å². The Labute approximate surface area is 164 Å². The molecule has 0 radical (unpaired) electrons. The number of hydrogen-bond donors (Lipinski definition) is 2. The first kappa shape index (κ1) is 18.6. The largest absolute Gasteiger partial charge is 0.506 e. The quantitative estimate of drug-likeness (QED) is 0.774. The molecule has 5 heteroatoms. The van der Waals surface area contributed by atoms with Crippen LogP contribution in [0.15, 0.2) is 36.4 Å². The van der Waals surface area contributed by atoms with Gasteiger partial charge in [0.1, 0.15) is 34.0 Å². The van der Waals surface area contributed by atoms with Gasteiger partial charge in [0, 0.05) is 17.5 Å². The highest BCUT2D eigenvalue weighted by Gasteiger charge is 2.43. The number of ketones is 1. The van der Waals surface area contributed by atoms with Crippen LogP contribution in [0.4, 0.5) is 0 Å². The van der Waals surface area contributed by atoms with Gasteiger partial charge in [-0.3, -0.25) is 4.79 Å². The van der Waals surface area contributed by atoms with Gasteiger partial charge in [-0.1, -0.05) is 30.3 Å². The van der Waals surface area contributed by atoms with Crippen LogP contribution in [0.2, 0.25) is 0 Å². The molecule has 146 valence electrons. The highest BCUT2D eigenvalue weighted by molar-refractivity contribution is 6.13. The molecule has 0 spiro atoms. The van der Waals surface area contributed by atoms with Gasteiger partial charge in [-0.2, -0.15) is 0 Å². The maximum Gasteiger partial charge on any atom is 0.200 e. The SMILES string of the molecule is CC1(C)C=Cc2c(O)c(C(=O)c3ccccc3)c3c(c2O1)CC(O)C(C)(C)O3. The Hall–Kier alpha value is -2.79. The molecular weight excluding hydrogens is 356 g/mol. The van der Waals surface area contributed by atoms with Crippen LogP contribution in [-0.2, 0) is 6.42 Å². The molecule has 1 atom stereocenters. The van der Waals surface area contributed by atoms with Crippen molar-refractivity contribution >= 4 is 11.9 Å². The van der Waals surface area contributed by atoms with E-state index in [0.29, 0.717) is 22.4 Å². The molecule has 0 bridgehead atoms. The minimum atomic E-state index is -0.903. The summed E-state index contributed by atoms with van der Waals surface area (Å²) in [6.07, 6.45) is 3.10. The third-order valence-corrected chi connectivity index (χ3v) is 5.36. The van der Waals surface area contributed by atoms with E-state index in [-0.39, 0.29) is 29.3 Å². The second-order valence-electron chi connectivity index (χ2n) is 8.43. The summed E-state index contributed by atoms with van der Waals surface area (Å²) in [5.41, 5.74) is 0.126. The molecule has 0 aromatic heterocycles. The molecule has 0 amide bonds. The van der Waals surface area contributed by atoms with E-state index in [9.17, 15) is 15.0 Å². The van der Waals surface area contributed by atoms with Crippen LogP contribution in [0.5, 0.6) is 17.2 Å². The fourth-order valence-electron chi connectivity index (χ4n) is 3.63. The molecule has 0 saturated heterocycles. The average Bonchev–Trinajstić information content (AvgIpc) is 2.63. The molecule has 4 rings (SSSR count). The Balaban J connectivity index is 2.00. The van der Waals surface area contributed by atoms with Crippen LogP contribution in [0.25, 0.3) is 6.08 Å². The lowest BCUT2D eigenvalue weighted by molar-refractivity contribution is -0.0428. The monoisotopic (exact) mass is 380 g/mol. The number of hydrogen-bond acceptors (Lipinski definition) is 5. The lowest BCUT2D eigenvalue weighted by Gasteiger charge is -2.40. The number of carbonyl (C=O) groups excluding carboxylic acids is 1. The van der Waals surface area contributed by atoms with E-state index in [4.69, 9.17) is 9.47 Å². The molecule has 2 aromatic carbocycles. The van der Waals surface area contributed by atoms with Crippen LogP contribution in [-0.4, -0.2) is 33.3 Å². The zero-order valence-electron chi connectivity index (χ0n) is 16.4. The third-order valence-electron chi connectivity index (χ3n) is 5.36. The first-order valence-corrected chi connectivity index (χ1v) is 9.37. The summed E-state index contributed by atoms with van der Waals surface area (Å²) >= 11 is 0. The number of rotatable bonds is 2. The van der Waals surface area contributed by atoms with E-state index in [1.807, 2.05) is 26.0 Å². The van der Waals surface area contributed by atoms with Crippen LogP contribution in [0, 0.1) is 0 Å². The van der Waals surface area contributed by atoms with Gasteiger partial charge in [0.2, 0.25) is 5.78 Å². The Morgan fingerprint density at radius 1 is 1.07 bits per heavy atom. The van der Waals surface area contributed by atoms with E-state index in [0.717, 1.165) is 0 Å². The summed E-state index contributed by atoms with van der Waals surface area (Å²) < 4.78 is 12.2. The molecule has 2 heterocycles. The Bertz CT molecular complexity index is 986. The molecule has 2 N–H and O–H groups in total. The molecule has 2 aromatic rings. The molecule has 0 saturated carbocycles. The van der Waals surface area contributed by atoms with Gasteiger partial charge in [0.05, 0.1) is 11.7 Å². The maximum absolute atomic E-state index is 13.3. The van der Waals surface area contributed by atoms with Crippen molar-refractivity contribution in [3.05, 3.63) is 58.7 Å². The smallest absolute Gasteiger partial charge is 0.200 e. The van der Waals surface area contributed by atoms with Gasteiger partial charge in [0.25, 0.3) is 0 Å². The van der Waals surface area contributed by atoms with Gasteiger partial charge in [-0.25, -0.2) is 0 Å². The maximum atomic E-state index is 13.3. The summed E-state index contributed by atoms with van der Waals surface area (Å²) in [4.78, 5) is 13.3. The van der Waals surface area contributed by atoms with Crippen molar-refractivity contribution in [3.63, 3.8) is 0 Å². The summed E-state index contributed by atoms with van der Waals surface area (Å²) in [5, 5.41) is 21.6. The number of aliphatic hydroxyl groups is 1. The van der Waals surface area contributed by atoms with Crippen LogP contribution in [0.3, 0.4) is 0 Å². The van der Waals surface area contributed by atoms with Crippen molar-refractivity contribution in [2.75, 3.05) is 0 Å². The van der Waals surface area contributed by atoms with Gasteiger partial charge in [-0.15, -0.1) is 0 Å². The normalized spacial score (nSPS) is 21.1. The molecule has 2 aliphatic rings. The van der Waals surface area contributed by atoms with Gasteiger partial charge in [-0.05, 0) is 39.8 Å². The number of phenols is 1. The van der Waals surface area contributed by atoms with Crippen molar-refractivity contribution in [1.82, 2.24) is 0 Å². The van der Waals surface area contributed by atoms with Crippen molar-refractivity contribution in [2.45, 2.75) is 51.4 Å². The predicted octanol–water partition coefficient (Wildman–Crippen LogP) is 3.88. The zero-order valence-corrected chi connectivity index (χ0v) is 16.4. The summed E-state index contributed by atoms with van der Waals surface area (Å²) in [6.45, 7) is 7.34. The minimum Gasteiger partial charge on any atom is -0.506 e. The van der Waals surface area contributed by atoms with E-state index in [1.54, 1.807) is 44.2 Å². The van der Waals surface area contributed by atoms with E-state index < -0.39 is 17.3 Å². The van der Waals surface area contributed by atoms with Gasteiger partial charge >= 0.3 is 0 Å². The van der Waals surface area contributed by atoms with Gasteiger partial charge in [0.15, 0.2) is 0 Å². The summed E-state index contributed by atoms with van der Waals surface area (Å²) in [5.74, 6) is 0.245. The van der Waals surface area contributed by atoms with E-state index in [1.165, 1.54) is 0 Å².